The average Bonchev–Trinajstić information content (AvgIpc) is 2.91. The summed E-state index contributed by atoms with van der Waals surface area (Å²) in [7, 11) is 1.35. The Morgan fingerprint density at radius 2 is 2.41 bits per heavy atom. The molecule has 2 heterocycles. The minimum absolute atomic E-state index is 0.0181. The maximum absolute atomic E-state index is 12.1. The number of hydrogen-bond acceptors (Lipinski definition) is 5. The molecule has 1 aliphatic heterocycles. The second-order valence-corrected chi connectivity index (χ2v) is 4.71. The molecule has 2 rings (SSSR count). The van der Waals surface area contributed by atoms with Crippen LogP contribution in [-0.4, -0.2) is 49.6 Å². The Morgan fingerprint density at radius 3 is 3.06 bits per heavy atom. The number of esters is 1. The summed E-state index contributed by atoms with van der Waals surface area (Å²) in [5.41, 5.74) is 0. The maximum atomic E-state index is 12.1. The van der Waals surface area contributed by atoms with Gasteiger partial charge in [0.1, 0.15) is 6.04 Å². The first-order valence-electron chi connectivity index (χ1n) is 5.36. The molecule has 0 saturated carbocycles. The van der Waals surface area contributed by atoms with Crippen LogP contribution in [0.5, 0.6) is 0 Å². The fraction of sp³-hybridized carbons (Fsp3) is 0.455. The molecule has 1 aliphatic rings. The first kappa shape index (κ1) is 12.1. The summed E-state index contributed by atoms with van der Waals surface area (Å²) in [6.45, 7) is 1.59. The van der Waals surface area contributed by atoms with Gasteiger partial charge in [-0.05, 0) is 11.4 Å². The Bertz CT molecular complexity index is 405. The highest BCUT2D eigenvalue weighted by atomic mass is 32.1. The van der Waals surface area contributed by atoms with Crippen LogP contribution in [-0.2, 0) is 9.53 Å². The summed E-state index contributed by atoms with van der Waals surface area (Å²) < 4.78 is 4.67. The highest BCUT2D eigenvalue weighted by Crippen LogP contribution is 2.13. The SMILES string of the molecule is COC(=O)[C@H]1CN(C(=O)c2cccs2)CCN1. The van der Waals surface area contributed by atoms with Crippen LogP contribution in [0, 0.1) is 0 Å². The molecule has 5 nitrogen and oxygen atoms in total. The van der Waals surface area contributed by atoms with Gasteiger partial charge in [-0.1, -0.05) is 6.07 Å². The molecule has 1 atom stereocenters. The van der Waals surface area contributed by atoms with Crippen molar-refractivity contribution in [2.24, 2.45) is 0 Å². The lowest BCUT2D eigenvalue weighted by atomic mass is 10.2. The smallest absolute Gasteiger partial charge is 0.324 e. The van der Waals surface area contributed by atoms with Crippen LogP contribution < -0.4 is 5.32 Å². The van der Waals surface area contributed by atoms with Gasteiger partial charge in [-0.2, -0.15) is 0 Å². The topological polar surface area (TPSA) is 58.6 Å². The number of thiophene rings is 1. The molecule has 1 saturated heterocycles. The highest BCUT2D eigenvalue weighted by Gasteiger charge is 2.29. The van der Waals surface area contributed by atoms with E-state index in [1.807, 2.05) is 11.4 Å². The zero-order valence-corrected chi connectivity index (χ0v) is 10.3. The van der Waals surface area contributed by atoms with E-state index in [4.69, 9.17) is 0 Å². The van der Waals surface area contributed by atoms with E-state index in [0.717, 1.165) is 0 Å². The Kier molecular flexibility index (Phi) is 3.75. The van der Waals surface area contributed by atoms with E-state index in [9.17, 15) is 9.59 Å². The number of piperazine rings is 1. The second kappa shape index (κ2) is 5.29. The molecule has 0 aliphatic carbocycles. The lowest BCUT2D eigenvalue weighted by Gasteiger charge is -2.31. The largest absolute Gasteiger partial charge is 0.468 e. The minimum Gasteiger partial charge on any atom is -0.468 e. The summed E-state index contributed by atoms with van der Waals surface area (Å²) in [4.78, 5) is 25.9. The molecule has 92 valence electrons. The molecular formula is C11H14N2O3S. The maximum Gasteiger partial charge on any atom is 0.324 e. The molecule has 1 fully saturated rings. The van der Waals surface area contributed by atoms with Crippen molar-refractivity contribution in [2.45, 2.75) is 6.04 Å². The zero-order chi connectivity index (χ0) is 12.3. The molecule has 17 heavy (non-hydrogen) atoms. The Hall–Kier alpha value is -1.40. The van der Waals surface area contributed by atoms with Crippen LogP contribution in [0.15, 0.2) is 17.5 Å². The van der Waals surface area contributed by atoms with Gasteiger partial charge in [0.15, 0.2) is 0 Å². The minimum atomic E-state index is -0.419. The molecule has 0 radical (unpaired) electrons. The number of nitrogens with one attached hydrogen (secondary N) is 1. The van der Waals surface area contributed by atoms with E-state index in [1.165, 1.54) is 18.4 Å². The summed E-state index contributed by atoms with van der Waals surface area (Å²) in [5.74, 6) is -0.343. The number of rotatable bonds is 2. The third-order valence-electron chi connectivity index (χ3n) is 2.68. The molecule has 0 spiro atoms. The van der Waals surface area contributed by atoms with Gasteiger partial charge in [-0.25, -0.2) is 0 Å². The van der Waals surface area contributed by atoms with Gasteiger partial charge < -0.3 is 15.0 Å². The van der Waals surface area contributed by atoms with Crippen LogP contribution in [0.25, 0.3) is 0 Å². The van der Waals surface area contributed by atoms with E-state index in [-0.39, 0.29) is 11.9 Å². The molecule has 1 N–H and O–H groups in total. The van der Waals surface area contributed by atoms with Crippen LogP contribution in [0.4, 0.5) is 0 Å². The number of ether oxygens (including phenoxy) is 1. The van der Waals surface area contributed by atoms with Crippen molar-refractivity contribution in [1.82, 2.24) is 10.2 Å². The number of amides is 1. The van der Waals surface area contributed by atoms with E-state index in [1.54, 1.807) is 11.0 Å². The fourth-order valence-electron chi connectivity index (χ4n) is 1.79. The van der Waals surface area contributed by atoms with Crippen LogP contribution in [0.1, 0.15) is 9.67 Å². The molecule has 0 aromatic carbocycles. The zero-order valence-electron chi connectivity index (χ0n) is 9.51. The summed E-state index contributed by atoms with van der Waals surface area (Å²) >= 11 is 1.41. The quantitative estimate of drug-likeness (QED) is 0.773. The monoisotopic (exact) mass is 254 g/mol. The third kappa shape index (κ3) is 2.65. The van der Waals surface area contributed by atoms with Gasteiger partial charge in [-0.15, -0.1) is 11.3 Å². The van der Waals surface area contributed by atoms with Crippen LogP contribution in [0.3, 0.4) is 0 Å². The van der Waals surface area contributed by atoms with E-state index in [0.29, 0.717) is 24.5 Å². The second-order valence-electron chi connectivity index (χ2n) is 3.76. The lowest BCUT2D eigenvalue weighted by molar-refractivity contribution is -0.144. The first-order chi connectivity index (χ1) is 8.22. The van der Waals surface area contributed by atoms with Gasteiger partial charge in [0.25, 0.3) is 5.91 Å². The van der Waals surface area contributed by atoms with Gasteiger partial charge >= 0.3 is 5.97 Å². The Morgan fingerprint density at radius 1 is 1.59 bits per heavy atom. The van der Waals surface area contributed by atoms with Crippen molar-refractivity contribution in [3.63, 3.8) is 0 Å². The molecule has 0 bridgehead atoms. The number of hydrogen-bond donors (Lipinski definition) is 1. The van der Waals surface area contributed by atoms with Gasteiger partial charge in [-0.3, -0.25) is 9.59 Å². The standard InChI is InChI=1S/C11H14N2O3S/c1-16-11(15)8-7-13(5-4-12-8)10(14)9-3-2-6-17-9/h2-3,6,8,12H,4-5,7H2,1H3/t8-/m1/s1. The van der Waals surface area contributed by atoms with Crippen molar-refractivity contribution in [1.29, 1.82) is 0 Å². The summed E-state index contributed by atoms with van der Waals surface area (Å²) in [5, 5.41) is 4.90. The highest BCUT2D eigenvalue weighted by molar-refractivity contribution is 7.12. The van der Waals surface area contributed by atoms with Crippen molar-refractivity contribution in [2.75, 3.05) is 26.7 Å². The van der Waals surface area contributed by atoms with Crippen molar-refractivity contribution < 1.29 is 14.3 Å². The molecule has 1 aromatic heterocycles. The molecule has 1 aromatic rings. The van der Waals surface area contributed by atoms with Gasteiger partial charge in [0.2, 0.25) is 0 Å². The average molecular weight is 254 g/mol. The summed E-state index contributed by atoms with van der Waals surface area (Å²) in [6.07, 6.45) is 0. The van der Waals surface area contributed by atoms with E-state index < -0.39 is 6.04 Å². The van der Waals surface area contributed by atoms with E-state index in [2.05, 4.69) is 10.1 Å². The van der Waals surface area contributed by atoms with Crippen molar-refractivity contribution in [3.05, 3.63) is 22.4 Å². The van der Waals surface area contributed by atoms with Gasteiger partial charge in [0.05, 0.1) is 12.0 Å². The number of nitrogens with zero attached hydrogens (tertiary/aromatic N) is 1. The Labute approximate surface area is 103 Å². The predicted molar refractivity (Wildman–Crippen MR) is 64.0 cm³/mol. The number of carbonyl (C=O) groups excluding carboxylic acids is 2. The van der Waals surface area contributed by atoms with E-state index >= 15 is 0 Å². The van der Waals surface area contributed by atoms with Crippen LogP contribution >= 0.6 is 11.3 Å². The molecule has 1 amide bonds. The first-order valence-corrected chi connectivity index (χ1v) is 6.24. The van der Waals surface area contributed by atoms with Crippen molar-refractivity contribution >= 4 is 23.2 Å². The fourth-order valence-corrected chi connectivity index (χ4v) is 2.48. The number of methoxy groups -OCH3 is 1. The number of carbonyl (C=O) groups is 2. The molecular weight excluding hydrogens is 240 g/mol. The van der Waals surface area contributed by atoms with Crippen molar-refractivity contribution in [3.8, 4) is 0 Å². The van der Waals surface area contributed by atoms with Gasteiger partial charge in [0, 0.05) is 19.6 Å². The molecule has 0 unspecified atom stereocenters. The summed E-state index contributed by atoms with van der Waals surface area (Å²) in [6, 6.07) is 3.22. The normalized spacial score (nSPS) is 20.1. The van der Waals surface area contributed by atoms with Crippen LogP contribution in [0.2, 0.25) is 0 Å². The third-order valence-corrected chi connectivity index (χ3v) is 3.54. The molecule has 6 heteroatoms. The lowest BCUT2D eigenvalue weighted by Crippen LogP contribution is -2.55. The Balaban J connectivity index is 2.02. The predicted octanol–water partition coefficient (Wildman–Crippen LogP) is 0.335.